The van der Waals surface area contributed by atoms with Gasteiger partial charge in [-0.1, -0.05) is 90.5 Å². The summed E-state index contributed by atoms with van der Waals surface area (Å²) in [4.78, 5) is 13.4. The summed E-state index contributed by atoms with van der Waals surface area (Å²) in [5.74, 6) is 0.763. The summed E-state index contributed by atoms with van der Waals surface area (Å²) in [5, 5.41) is 26.8. The van der Waals surface area contributed by atoms with Gasteiger partial charge in [-0.25, -0.2) is 10.0 Å². The Morgan fingerprint density at radius 2 is 1.33 bits per heavy atom. The van der Waals surface area contributed by atoms with Crippen molar-refractivity contribution in [3.05, 3.63) is 159 Å². The third-order valence-electron chi connectivity index (χ3n) is 8.21. The van der Waals surface area contributed by atoms with Crippen LogP contribution in [0.1, 0.15) is 16.7 Å². The fraction of sp³-hybridized carbons (Fsp3) is 0.0588. The van der Waals surface area contributed by atoms with Crippen LogP contribution in [0.25, 0.3) is 11.1 Å². The number of nitro groups is 1. The van der Waals surface area contributed by atoms with Gasteiger partial charge in [0.2, 0.25) is 5.66 Å². The second kappa shape index (κ2) is 9.54. The topological polar surface area (TPSA) is 77.6 Å². The molecule has 1 spiro atoms. The minimum Gasteiger partial charge on any atom is -0.301 e. The van der Waals surface area contributed by atoms with Gasteiger partial charge < -0.3 is 4.90 Å². The number of hydrogen-bond acceptors (Lipinski definition) is 7. The van der Waals surface area contributed by atoms with Crippen LogP contribution in [0.4, 0.5) is 17.1 Å². The lowest BCUT2D eigenvalue weighted by Crippen LogP contribution is -2.65. The van der Waals surface area contributed by atoms with E-state index >= 15 is 0 Å². The third-order valence-corrected chi connectivity index (χ3v) is 8.46. The molecule has 5 aromatic carbocycles. The van der Waals surface area contributed by atoms with Crippen LogP contribution in [0, 0.1) is 10.1 Å². The molecule has 0 aromatic heterocycles. The van der Waals surface area contributed by atoms with Gasteiger partial charge in [-0.15, -0.1) is 0 Å². The Morgan fingerprint density at radius 3 is 2.05 bits per heavy atom. The number of nitro benzene ring substituents is 1. The fourth-order valence-electron chi connectivity index (χ4n) is 6.33. The first-order valence-corrected chi connectivity index (χ1v) is 14.2. The molecule has 0 saturated heterocycles. The smallest absolute Gasteiger partial charge is 0.269 e. The molecule has 0 fully saturated rings. The molecule has 2 heterocycles. The van der Waals surface area contributed by atoms with Gasteiger partial charge in [0.05, 0.1) is 16.3 Å². The van der Waals surface area contributed by atoms with E-state index in [1.54, 1.807) is 12.1 Å². The molecule has 1 atom stereocenters. The molecule has 208 valence electrons. The Hall–Kier alpha value is -5.47. The van der Waals surface area contributed by atoms with Crippen molar-refractivity contribution in [3.63, 3.8) is 0 Å². The molecule has 1 unspecified atom stereocenters. The zero-order valence-electron chi connectivity index (χ0n) is 22.7. The normalized spacial score (nSPS) is 18.2. The molecule has 8 nitrogen and oxygen atoms in total. The van der Waals surface area contributed by atoms with Crippen molar-refractivity contribution in [1.29, 1.82) is 0 Å². The fourth-order valence-corrected chi connectivity index (χ4v) is 6.46. The van der Waals surface area contributed by atoms with Gasteiger partial charge in [0.1, 0.15) is 12.4 Å². The van der Waals surface area contributed by atoms with Crippen molar-refractivity contribution < 1.29 is 4.92 Å². The Bertz CT molecular complexity index is 1960. The minimum atomic E-state index is -0.977. The van der Waals surface area contributed by atoms with Crippen LogP contribution in [0.2, 0.25) is 5.02 Å². The zero-order valence-corrected chi connectivity index (χ0v) is 23.5. The first-order valence-electron chi connectivity index (χ1n) is 13.8. The number of hydrogen-bond donors (Lipinski definition) is 0. The summed E-state index contributed by atoms with van der Waals surface area (Å²) in [6.07, 6.45) is 0. The number of rotatable bonds is 4. The van der Waals surface area contributed by atoms with E-state index in [9.17, 15) is 10.1 Å². The second-order valence-electron chi connectivity index (χ2n) is 10.5. The number of benzene rings is 5. The predicted molar refractivity (Wildman–Crippen MR) is 169 cm³/mol. The Labute approximate surface area is 252 Å². The van der Waals surface area contributed by atoms with Gasteiger partial charge in [0, 0.05) is 33.8 Å². The Morgan fingerprint density at radius 1 is 0.698 bits per heavy atom. The minimum absolute atomic E-state index is 0.0189. The van der Waals surface area contributed by atoms with Gasteiger partial charge in [0.25, 0.3) is 5.69 Å². The van der Waals surface area contributed by atoms with Crippen LogP contribution in [-0.2, 0) is 5.66 Å². The number of amidine groups is 1. The maximum atomic E-state index is 11.5. The van der Waals surface area contributed by atoms with Gasteiger partial charge in [-0.2, -0.15) is 10.2 Å². The quantitative estimate of drug-likeness (QED) is 0.162. The summed E-state index contributed by atoms with van der Waals surface area (Å²) >= 11 is 6.26. The van der Waals surface area contributed by atoms with E-state index in [0.29, 0.717) is 17.4 Å². The average Bonchev–Trinajstić information content (AvgIpc) is 3.40. The van der Waals surface area contributed by atoms with Crippen molar-refractivity contribution in [3.8, 4) is 11.1 Å². The number of hydrazone groups is 2. The summed E-state index contributed by atoms with van der Waals surface area (Å²) in [6, 6.07) is 40.9. The van der Waals surface area contributed by atoms with Crippen molar-refractivity contribution in [2.75, 3.05) is 16.7 Å². The van der Waals surface area contributed by atoms with E-state index in [-0.39, 0.29) is 10.6 Å². The monoisotopic (exact) mass is 582 g/mol. The van der Waals surface area contributed by atoms with Crippen LogP contribution in [0.5, 0.6) is 0 Å². The van der Waals surface area contributed by atoms with Gasteiger partial charge in [-0.3, -0.25) is 10.1 Å². The highest BCUT2D eigenvalue weighted by molar-refractivity contribution is 6.30. The molecule has 0 amide bonds. The molecular formula is C34H23ClN6O2. The van der Waals surface area contributed by atoms with Crippen LogP contribution in [0.15, 0.2) is 138 Å². The number of non-ortho nitro benzene ring substituents is 1. The van der Waals surface area contributed by atoms with Crippen LogP contribution < -0.4 is 10.0 Å². The van der Waals surface area contributed by atoms with Crippen LogP contribution in [-0.4, -0.2) is 28.0 Å². The summed E-state index contributed by atoms with van der Waals surface area (Å²) in [5.41, 5.74) is 6.57. The molecular weight excluding hydrogens is 560 g/mol. The van der Waals surface area contributed by atoms with E-state index in [0.717, 1.165) is 45.1 Å². The number of anilines is 2. The Balaban J connectivity index is 1.45. The molecule has 0 bridgehead atoms. The van der Waals surface area contributed by atoms with E-state index in [1.807, 2.05) is 88.9 Å². The van der Waals surface area contributed by atoms with Gasteiger partial charge >= 0.3 is 0 Å². The molecule has 0 radical (unpaired) electrons. The highest BCUT2D eigenvalue weighted by Gasteiger charge is 2.60. The summed E-state index contributed by atoms with van der Waals surface area (Å²) in [7, 11) is 0. The number of halogens is 1. The molecule has 8 rings (SSSR count). The van der Waals surface area contributed by atoms with E-state index in [2.05, 4.69) is 29.2 Å². The molecule has 2 aliphatic heterocycles. The summed E-state index contributed by atoms with van der Waals surface area (Å²) < 4.78 is 0. The van der Waals surface area contributed by atoms with Crippen LogP contribution in [0.3, 0.4) is 0 Å². The average molecular weight is 583 g/mol. The van der Waals surface area contributed by atoms with Gasteiger partial charge in [0.15, 0.2) is 5.84 Å². The van der Waals surface area contributed by atoms with E-state index < -0.39 is 5.66 Å². The predicted octanol–water partition coefficient (Wildman–Crippen LogP) is 7.45. The van der Waals surface area contributed by atoms with Crippen molar-refractivity contribution in [2.45, 2.75) is 5.66 Å². The molecule has 0 saturated carbocycles. The van der Waals surface area contributed by atoms with Crippen molar-refractivity contribution in [1.82, 2.24) is 4.90 Å². The second-order valence-corrected chi connectivity index (χ2v) is 11.0. The summed E-state index contributed by atoms with van der Waals surface area (Å²) in [6.45, 7) is 0.388. The highest BCUT2D eigenvalue weighted by Crippen LogP contribution is 2.53. The third kappa shape index (κ3) is 3.70. The van der Waals surface area contributed by atoms with Crippen molar-refractivity contribution in [2.24, 2.45) is 10.2 Å². The molecule has 9 heteroatoms. The molecule has 1 aliphatic carbocycles. The van der Waals surface area contributed by atoms with Crippen molar-refractivity contribution >= 4 is 40.2 Å². The SMILES string of the molecule is O=[N+]([O-])c1ccc(N2N=C(c3ccccc3)N3CN(c4ccc(Cl)cc4)N=C4c5ccccc5-c5ccccc5C432)cc1. The van der Waals surface area contributed by atoms with E-state index in [1.165, 1.54) is 12.1 Å². The molecule has 0 N–H and O–H groups in total. The Kier molecular flexibility index (Phi) is 5.60. The lowest BCUT2D eigenvalue weighted by atomic mass is 9.75. The van der Waals surface area contributed by atoms with Gasteiger partial charge in [-0.05, 0) is 47.5 Å². The lowest BCUT2D eigenvalue weighted by molar-refractivity contribution is -0.384. The molecule has 5 aromatic rings. The number of fused-ring (bicyclic) bond motifs is 4. The maximum absolute atomic E-state index is 11.5. The standard InChI is InChI=1S/C34H23ClN6O2/c35-24-14-16-25(17-15-24)39-22-38-33(23-8-2-1-3-9-23)37-40(26-18-20-27(21-19-26)41(42)43)34(38)31-13-7-6-11-29(31)28-10-4-5-12-30(28)32(34)36-39/h1-21H,22H2. The maximum Gasteiger partial charge on any atom is 0.269 e. The highest BCUT2D eigenvalue weighted by atomic mass is 35.5. The number of nitrogens with zero attached hydrogens (tertiary/aromatic N) is 6. The first kappa shape index (κ1) is 25.3. The largest absolute Gasteiger partial charge is 0.301 e. The first-order chi connectivity index (χ1) is 21.1. The van der Waals surface area contributed by atoms with Crippen LogP contribution >= 0.6 is 11.6 Å². The molecule has 43 heavy (non-hydrogen) atoms. The van der Waals surface area contributed by atoms with E-state index in [4.69, 9.17) is 21.8 Å². The molecule has 3 aliphatic rings. The lowest BCUT2D eigenvalue weighted by Gasteiger charge is -2.52. The zero-order chi connectivity index (χ0) is 29.1.